The highest BCUT2D eigenvalue weighted by atomic mass is 32.1. The Hall–Kier alpha value is -1.76. The van der Waals surface area contributed by atoms with Gasteiger partial charge in [0.15, 0.2) is 5.13 Å². The first-order chi connectivity index (χ1) is 11.1. The van der Waals surface area contributed by atoms with Crippen LogP contribution in [0.2, 0.25) is 0 Å². The maximum atomic E-state index is 12.5. The van der Waals surface area contributed by atoms with Crippen LogP contribution in [-0.4, -0.2) is 29.1 Å². The molecule has 0 aliphatic carbocycles. The topological polar surface area (TPSA) is 54.5 Å². The van der Waals surface area contributed by atoms with Gasteiger partial charge in [0, 0.05) is 18.1 Å². The van der Waals surface area contributed by atoms with Crippen molar-refractivity contribution in [3.05, 3.63) is 47.0 Å². The van der Waals surface area contributed by atoms with Gasteiger partial charge in [-0.15, -0.1) is 11.3 Å². The van der Waals surface area contributed by atoms with Gasteiger partial charge in [0.25, 0.3) is 0 Å². The van der Waals surface area contributed by atoms with Gasteiger partial charge in [-0.25, -0.2) is 4.98 Å². The predicted octanol–water partition coefficient (Wildman–Crippen LogP) is 3.20. The fourth-order valence-electron chi connectivity index (χ4n) is 3.17. The highest BCUT2D eigenvalue weighted by Gasteiger charge is 2.41. The second-order valence-corrected chi connectivity index (χ2v) is 6.66. The van der Waals surface area contributed by atoms with Crippen molar-refractivity contribution in [1.29, 1.82) is 0 Å². The Balaban J connectivity index is 1.86. The van der Waals surface area contributed by atoms with E-state index in [1.807, 2.05) is 29.5 Å². The van der Waals surface area contributed by atoms with Crippen LogP contribution in [0, 0.1) is 0 Å². The van der Waals surface area contributed by atoms with E-state index in [-0.39, 0.29) is 5.91 Å². The Morgan fingerprint density at radius 3 is 3.04 bits per heavy atom. The average molecular weight is 331 g/mol. The average Bonchev–Trinajstić information content (AvgIpc) is 3.03. The van der Waals surface area contributed by atoms with Crippen LogP contribution >= 0.6 is 11.3 Å². The number of carbonyl (C=O) groups excluding carboxylic acids is 1. The zero-order valence-corrected chi connectivity index (χ0v) is 14.2. The van der Waals surface area contributed by atoms with E-state index in [2.05, 4.69) is 29.4 Å². The summed E-state index contributed by atoms with van der Waals surface area (Å²) in [4.78, 5) is 22.5. The Morgan fingerprint density at radius 2 is 2.30 bits per heavy atom. The third-order valence-corrected chi connectivity index (χ3v) is 4.89. The van der Waals surface area contributed by atoms with Crippen LogP contribution in [0.5, 0.6) is 0 Å². The number of rotatable bonds is 5. The van der Waals surface area contributed by atoms with Gasteiger partial charge in [0.1, 0.15) is 0 Å². The van der Waals surface area contributed by atoms with E-state index in [9.17, 15) is 4.79 Å². The van der Waals surface area contributed by atoms with Crippen LogP contribution in [0.4, 0.5) is 5.13 Å². The molecule has 1 N–H and O–H groups in total. The molecule has 1 unspecified atom stereocenters. The highest BCUT2D eigenvalue weighted by molar-refractivity contribution is 7.13. The van der Waals surface area contributed by atoms with E-state index in [4.69, 9.17) is 4.84 Å². The second kappa shape index (κ2) is 6.78. The quantitative estimate of drug-likeness (QED) is 0.914. The maximum absolute atomic E-state index is 12.5. The zero-order chi connectivity index (χ0) is 16.3. The molecular weight excluding hydrogens is 310 g/mol. The number of hydrogen-bond acceptors (Lipinski definition) is 5. The van der Waals surface area contributed by atoms with Crippen molar-refractivity contribution in [1.82, 2.24) is 10.0 Å². The van der Waals surface area contributed by atoms with Crippen molar-refractivity contribution in [2.45, 2.75) is 32.2 Å². The fraction of sp³-hybridized carbons (Fsp3) is 0.412. The molecule has 0 fully saturated rings. The highest BCUT2D eigenvalue weighted by Crippen LogP contribution is 2.38. The van der Waals surface area contributed by atoms with Gasteiger partial charge < -0.3 is 5.32 Å². The zero-order valence-electron chi connectivity index (χ0n) is 13.4. The summed E-state index contributed by atoms with van der Waals surface area (Å²) in [5.41, 5.74) is 1.97. The van der Waals surface area contributed by atoms with Gasteiger partial charge >= 0.3 is 0 Å². The molecule has 0 saturated heterocycles. The largest absolute Gasteiger partial charge is 0.302 e. The smallest absolute Gasteiger partial charge is 0.228 e. The van der Waals surface area contributed by atoms with Crippen LogP contribution in [0.25, 0.3) is 0 Å². The number of aromatic nitrogens is 1. The first-order valence-electron chi connectivity index (χ1n) is 7.82. The Kier molecular flexibility index (Phi) is 4.75. The Bertz CT molecular complexity index is 674. The number of nitrogens with zero attached hydrogens (tertiary/aromatic N) is 2. The molecule has 1 aliphatic rings. The molecule has 1 aliphatic heterocycles. The van der Waals surface area contributed by atoms with Gasteiger partial charge in [-0.1, -0.05) is 24.3 Å². The van der Waals surface area contributed by atoms with Gasteiger partial charge in [-0.3, -0.25) is 9.63 Å². The molecule has 1 aromatic heterocycles. The van der Waals surface area contributed by atoms with Gasteiger partial charge in [-0.05, 0) is 31.4 Å². The summed E-state index contributed by atoms with van der Waals surface area (Å²) >= 11 is 1.42. The lowest BCUT2D eigenvalue weighted by atomic mass is 9.81. The minimum absolute atomic E-state index is 0.0520. The number of hydroxylamine groups is 2. The molecule has 122 valence electrons. The fourth-order valence-corrected chi connectivity index (χ4v) is 3.72. The minimum atomic E-state index is -0.480. The summed E-state index contributed by atoms with van der Waals surface area (Å²) in [6.45, 7) is 5.41. The lowest BCUT2D eigenvalue weighted by Crippen LogP contribution is -2.50. The second-order valence-electron chi connectivity index (χ2n) is 5.76. The van der Waals surface area contributed by atoms with Crippen molar-refractivity contribution in [3.8, 4) is 0 Å². The molecule has 1 aromatic carbocycles. The molecule has 2 heterocycles. The van der Waals surface area contributed by atoms with Crippen molar-refractivity contribution in [2.24, 2.45) is 0 Å². The Labute approximate surface area is 140 Å². The maximum Gasteiger partial charge on any atom is 0.228 e. The van der Waals surface area contributed by atoms with Gasteiger partial charge in [0.2, 0.25) is 5.91 Å². The number of hydrogen-bond donors (Lipinski definition) is 1. The number of thiazole rings is 1. The molecular formula is C17H21N3O2S. The first-order valence-corrected chi connectivity index (χ1v) is 8.69. The van der Waals surface area contributed by atoms with Gasteiger partial charge in [0.05, 0.1) is 18.6 Å². The van der Waals surface area contributed by atoms with Crippen LogP contribution in [0.1, 0.15) is 31.4 Å². The van der Waals surface area contributed by atoms with Crippen molar-refractivity contribution in [3.63, 3.8) is 0 Å². The molecule has 6 heteroatoms. The molecule has 1 atom stereocenters. The van der Waals surface area contributed by atoms with Crippen LogP contribution < -0.4 is 5.32 Å². The molecule has 0 saturated carbocycles. The number of carbonyl (C=O) groups is 1. The summed E-state index contributed by atoms with van der Waals surface area (Å²) in [5.74, 6) is -0.0520. The van der Waals surface area contributed by atoms with Crippen molar-refractivity contribution < 1.29 is 9.63 Å². The number of benzene rings is 1. The molecule has 0 spiro atoms. The van der Waals surface area contributed by atoms with E-state index < -0.39 is 5.54 Å². The molecule has 1 amide bonds. The molecule has 3 rings (SSSR count). The standard InChI is InChI=1S/C17H21N3O2S/c1-3-22-20-10-8-13-6-4-5-7-14(13)17(20,2)12-15(21)19-16-18-9-11-23-16/h4-7,9,11H,3,8,10,12H2,1-2H3,(H,18,19,21). The van der Waals surface area contributed by atoms with E-state index in [1.165, 1.54) is 16.9 Å². The predicted molar refractivity (Wildman–Crippen MR) is 91.2 cm³/mol. The monoisotopic (exact) mass is 331 g/mol. The van der Waals surface area contributed by atoms with Gasteiger partial charge in [-0.2, -0.15) is 5.06 Å². The number of amides is 1. The number of nitrogens with one attached hydrogen (secondary N) is 1. The third-order valence-electron chi connectivity index (χ3n) is 4.20. The molecule has 0 bridgehead atoms. The molecule has 2 aromatic rings. The normalized spacial score (nSPS) is 21.0. The summed E-state index contributed by atoms with van der Waals surface area (Å²) < 4.78 is 0. The summed E-state index contributed by atoms with van der Waals surface area (Å²) in [7, 11) is 0. The van der Waals surface area contributed by atoms with E-state index in [0.717, 1.165) is 18.5 Å². The SMILES string of the molecule is CCON1CCc2ccccc2C1(C)CC(=O)Nc1nccs1. The minimum Gasteiger partial charge on any atom is -0.302 e. The van der Waals surface area contributed by atoms with Crippen molar-refractivity contribution >= 4 is 22.4 Å². The van der Waals surface area contributed by atoms with Crippen LogP contribution in [0.15, 0.2) is 35.8 Å². The van der Waals surface area contributed by atoms with Crippen molar-refractivity contribution in [2.75, 3.05) is 18.5 Å². The molecule has 5 nitrogen and oxygen atoms in total. The lowest BCUT2D eigenvalue weighted by Gasteiger charge is -2.44. The van der Waals surface area contributed by atoms with Crippen LogP contribution in [-0.2, 0) is 21.6 Å². The first kappa shape index (κ1) is 16.1. The van der Waals surface area contributed by atoms with E-state index in [0.29, 0.717) is 18.2 Å². The molecule has 0 radical (unpaired) electrons. The summed E-state index contributed by atoms with van der Waals surface area (Å²) in [6.07, 6.45) is 2.94. The third kappa shape index (κ3) is 3.29. The lowest BCUT2D eigenvalue weighted by molar-refractivity contribution is -0.225. The number of fused-ring (bicyclic) bond motifs is 1. The number of anilines is 1. The summed E-state index contributed by atoms with van der Waals surface area (Å²) in [6, 6.07) is 8.29. The summed E-state index contributed by atoms with van der Waals surface area (Å²) in [5, 5.41) is 7.31. The Morgan fingerprint density at radius 1 is 1.48 bits per heavy atom. The van der Waals surface area contributed by atoms with Crippen LogP contribution in [0.3, 0.4) is 0 Å². The van der Waals surface area contributed by atoms with E-state index >= 15 is 0 Å². The van der Waals surface area contributed by atoms with E-state index in [1.54, 1.807) is 6.20 Å². The molecule has 23 heavy (non-hydrogen) atoms.